The molecule has 1 aromatic rings. The van der Waals surface area contributed by atoms with E-state index in [-0.39, 0.29) is 17.0 Å². The summed E-state index contributed by atoms with van der Waals surface area (Å²) in [4.78, 5) is 15.8. The molecule has 0 aliphatic carbocycles. The second-order valence-electron chi connectivity index (χ2n) is 5.20. The molecule has 1 aromatic carbocycles. The van der Waals surface area contributed by atoms with Crippen LogP contribution < -0.4 is 5.73 Å². The molecule has 2 rings (SSSR count). The van der Waals surface area contributed by atoms with Crippen molar-refractivity contribution in [1.82, 2.24) is 0 Å². The van der Waals surface area contributed by atoms with Gasteiger partial charge in [0.2, 0.25) is 0 Å². The molecule has 1 aliphatic heterocycles. The number of rotatable bonds is 5. The molecule has 0 radical (unpaired) electrons. The third-order valence-electron chi connectivity index (χ3n) is 3.25. The zero-order valence-corrected chi connectivity index (χ0v) is 14.5. The van der Waals surface area contributed by atoms with Gasteiger partial charge in [-0.1, -0.05) is 22.9 Å². The van der Waals surface area contributed by atoms with E-state index in [4.69, 9.17) is 15.1 Å². The van der Waals surface area contributed by atoms with E-state index >= 15 is 0 Å². The fourth-order valence-corrected chi connectivity index (χ4v) is 2.33. The van der Waals surface area contributed by atoms with Crippen molar-refractivity contribution in [3.8, 4) is 0 Å². The van der Waals surface area contributed by atoms with Crippen molar-refractivity contribution in [3.63, 3.8) is 0 Å². The largest absolute Gasteiger partial charge is 0.469 e. The van der Waals surface area contributed by atoms with Crippen molar-refractivity contribution in [2.45, 2.75) is 37.2 Å². The molecular weight excluding hydrogens is 336 g/mol. The molecule has 0 bridgehead atoms. The number of benzene rings is 1. The summed E-state index contributed by atoms with van der Waals surface area (Å²) in [5.74, 6) is -0.218. The lowest BCUT2D eigenvalue weighted by molar-refractivity contribution is -0.141. The Kier molecular flexibility index (Phi) is 7.83. The lowest BCUT2D eigenvalue weighted by Crippen LogP contribution is -2.16. The topological polar surface area (TPSA) is 128 Å². The van der Waals surface area contributed by atoms with E-state index in [9.17, 15) is 13.2 Å². The summed E-state index contributed by atoms with van der Waals surface area (Å²) < 4.78 is 34.1. The minimum atomic E-state index is -4.02. The van der Waals surface area contributed by atoms with Crippen LogP contribution in [0, 0.1) is 6.92 Å². The predicted molar refractivity (Wildman–Crippen MR) is 88.2 cm³/mol. The van der Waals surface area contributed by atoms with Crippen molar-refractivity contribution >= 4 is 21.8 Å². The zero-order valence-electron chi connectivity index (χ0n) is 13.6. The molecule has 134 valence electrons. The third-order valence-corrected chi connectivity index (χ3v) is 4.11. The molecule has 0 aromatic heterocycles. The van der Waals surface area contributed by atoms with Crippen molar-refractivity contribution in [2.24, 2.45) is 10.9 Å². The van der Waals surface area contributed by atoms with Crippen molar-refractivity contribution in [2.75, 3.05) is 13.7 Å². The Labute approximate surface area is 141 Å². The first-order valence-electron chi connectivity index (χ1n) is 7.29. The van der Waals surface area contributed by atoms with Crippen molar-refractivity contribution in [1.29, 1.82) is 0 Å². The Balaban J connectivity index is 0.000000243. The smallest absolute Gasteiger partial charge is 0.305 e. The van der Waals surface area contributed by atoms with E-state index < -0.39 is 10.1 Å². The molecular formula is C15H22N2O6S. The average Bonchev–Trinajstić information content (AvgIpc) is 3.01. The van der Waals surface area contributed by atoms with Crippen LogP contribution >= 0.6 is 0 Å². The number of methoxy groups -OCH3 is 1. The molecule has 1 heterocycles. The second-order valence-corrected chi connectivity index (χ2v) is 6.62. The first-order chi connectivity index (χ1) is 11.3. The number of carbonyl (C=O) groups excluding carboxylic acids is 1. The Hall–Kier alpha value is -1.97. The molecule has 1 aliphatic rings. The van der Waals surface area contributed by atoms with Gasteiger partial charge in [-0.25, -0.2) is 0 Å². The first kappa shape index (κ1) is 20.1. The van der Waals surface area contributed by atoms with Gasteiger partial charge in [-0.2, -0.15) is 8.42 Å². The van der Waals surface area contributed by atoms with Gasteiger partial charge in [0, 0.05) is 19.4 Å². The summed E-state index contributed by atoms with van der Waals surface area (Å²) in [6.45, 7) is 2.27. The van der Waals surface area contributed by atoms with E-state index in [1.54, 1.807) is 12.1 Å². The van der Waals surface area contributed by atoms with E-state index in [1.807, 2.05) is 6.92 Å². The van der Waals surface area contributed by atoms with Gasteiger partial charge >= 0.3 is 5.97 Å². The quantitative estimate of drug-likeness (QED) is 0.599. The van der Waals surface area contributed by atoms with Gasteiger partial charge in [0.1, 0.15) is 6.10 Å². The predicted octanol–water partition coefficient (Wildman–Crippen LogP) is 1.28. The molecule has 0 amide bonds. The number of nitrogens with zero attached hydrogens (tertiary/aromatic N) is 1. The summed E-state index contributed by atoms with van der Waals surface area (Å²) in [7, 11) is -2.64. The number of carbonyl (C=O) groups is 1. The van der Waals surface area contributed by atoms with E-state index in [1.165, 1.54) is 19.2 Å². The Morgan fingerprint density at radius 1 is 1.42 bits per heavy atom. The van der Waals surface area contributed by atoms with Gasteiger partial charge in [0.05, 0.1) is 17.7 Å². The Morgan fingerprint density at radius 3 is 2.50 bits per heavy atom. The molecule has 1 unspecified atom stereocenters. The van der Waals surface area contributed by atoms with E-state index in [0.717, 1.165) is 17.7 Å². The number of oxime groups is 1. The van der Waals surface area contributed by atoms with Gasteiger partial charge in [-0.15, -0.1) is 0 Å². The SMILES string of the molecule is COC(=O)CCC1CC(CN)=NO1.Cc1ccc(S(=O)(=O)O)cc1. The summed E-state index contributed by atoms with van der Waals surface area (Å²) in [6, 6.07) is 5.99. The molecule has 1 atom stereocenters. The van der Waals surface area contributed by atoms with Crippen LogP contribution in [-0.4, -0.2) is 44.4 Å². The number of ether oxygens (including phenoxy) is 1. The second kappa shape index (κ2) is 9.36. The maximum absolute atomic E-state index is 10.8. The van der Waals surface area contributed by atoms with Gasteiger partial charge < -0.3 is 15.3 Å². The minimum Gasteiger partial charge on any atom is -0.469 e. The molecule has 0 saturated carbocycles. The maximum atomic E-state index is 10.8. The molecule has 24 heavy (non-hydrogen) atoms. The third kappa shape index (κ3) is 7.07. The van der Waals surface area contributed by atoms with Gasteiger partial charge in [0.25, 0.3) is 10.1 Å². The highest BCUT2D eigenvalue weighted by molar-refractivity contribution is 7.85. The van der Waals surface area contributed by atoms with Gasteiger partial charge in [-0.3, -0.25) is 9.35 Å². The zero-order chi connectivity index (χ0) is 18.2. The monoisotopic (exact) mass is 358 g/mol. The Morgan fingerprint density at radius 2 is 2.04 bits per heavy atom. The maximum Gasteiger partial charge on any atom is 0.305 e. The summed E-state index contributed by atoms with van der Waals surface area (Å²) >= 11 is 0. The fraction of sp³-hybridized carbons (Fsp3) is 0.467. The van der Waals surface area contributed by atoms with Crippen LogP contribution in [0.5, 0.6) is 0 Å². The molecule has 0 saturated heterocycles. The van der Waals surface area contributed by atoms with Crippen molar-refractivity contribution in [3.05, 3.63) is 29.8 Å². The van der Waals surface area contributed by atoms with Crippen LogP contribution in [0.2, 0.25) is 0 Å². The molecule has 0 spiro atoms. The van der Waals surface area contributed by atoms with Gasteiger partial charge in [0.15, 0.2) is 0 Å². The van der Waals surface area contributed by atoms with Gasteiger partial charge in [-0.05, 0) is 25.5 Å². The Bertz CT molecular complexity index is 670. The van der Waals surface area contributed by atoms with Crippen LogP contribution in [0.1, 0.15) is 24.8 Å². The fourth-order valence-electron chi connectivity index (χ4n) is 1.85. The highest BCUT2D eigenvalue weighted by Crippen LogP contribution is 2.15. The lowest BCUT2D eigenvalue weighted by Gasteiger charge is -2.05. The van der Waals surface area contributed by atoms with Crippen LogP contribution in [0.3, 0.4) is 0 Å². The first-order valence-corrected chi connectivity index (χ1v) is 8.73. The molecule has 8 nitrogen and oxygen atoms in total. The van der Waals surface area contributed by atoms with E-state index in [2.05, 4.69) is 9.89 Å². The summed E-state index contributed by atoms with van der Waals surface area (Å²) in [5.41, 5.74) is 7.19. The van der Waals surface area contributed by atoms with Crippen LogP contribution in [0.25, 0.3) is 0 Å². The van der Waals surface area contributed by atoms with Crippen LogP contribution in [0.15, 0.2) is 34.3 Å². The van der Waals surface area contributed by atoms with E-state index in [0.29, 0.717) is 19.4 Å². The summed E-state index contributed by atoms with van der Waals surface area (Å²) in [6.07, 6.45) is 1.74. The number of hydrogen-bond acceptors (Lipinski definition) is 7. The highest BCUT2D eigenvalue weighted by atomic mass is 32.2. The number of aryl methyl sites for hydroxylation is 1. The van der Waals surface area contributed by atoms with Crippen molar-refractivity contribution < 1.29 is 27.3 Å². The van der Waals surface area contributed by atoms with Crippen LogP contribution in [0.4, 0.5) is 0 Å². The number of nitrogens with two attached hydrogens (primary N) is 1. The highest BCUT2D eigenvalue weighted by Gasteiger charge is 2.20. The average molecular weight is 358 g/mol. The summed E-state index contributed by atoms with van der Waals surface area (Å²) in [5, 5.41) is 3.78. The molecule has 0 fully saturated rings. The van der Waals surface area contributed by atoms with Crippen LogP contribution in [-0.2, 0) is 24.5 Å². The lowest BCUT2D eigenvalue weighted by atomic mass is 10.1. The number of hydrogen-bond donors (Lipinski definition) is 2. The minimum absolute atomic E-state index is 0.00218. The number of esters is 1. The normalized spacial score (nSPS) is 16.5. The standard InChI is InChI=1S/C8H14N2O3.C7H8O3S/c1-12-8(11)3-2-7-4-6(5-9)10-13-7;1-6-2-4-7(5-3-6)11(8,9)10/h7H,2-5,9H2,1H3;2-5H,1H3,(H,8,9,10). The molecule has 9 heteroatoms. The molecule has 3 N–H and O–H groups in total.